The highest BCUT2D eigenvalue weighted by Gasteiger charge is 2.27. The second kappa shape index (κ2) is 4.46. The number of carbonyl (C=O) groups excluding carboxylic acids is 1. The summed E-state index contributed by atoms with van der Waals surface area (Å²) in [6.07, 6.45) is 1.10. The average Bonchev–Trinajstić information content (AvgIpc) is 3.04. The number of fused-ring (bicyclic) bond motifs is 1. The molecule has 0 saturated carbocycles. The van der Waals surface area contributed by atoms with E-state index in [1.165, 1.54) is 0 Å². The normalized spacial score (nSPS) is 19.6. The lowest BCUT2D eigenvalue weighted by Crippen LogP contribution is -2.30. The molecule has 3 rings (SSSR count). The molecular formula is C14H16N2O2. The van der Waals surface area contributed by atoms with Gasteiger partial charge in [0.2, 0.25) is 0 Å². The third-order valence-corrected chi connectivity index (χ3v) is 3.53. The minimum atomic E-state index is 0.0609. The van der Waals surface area contributed by atoms with Crippen LogP contribution in [-0.4, -0.2) is 42.1 Å². The van der Waals surface area contributed by atoms with Gasteiger partial charge in [0.1, 0.15) is 5.69 Å². The van der Waals surface area contributed by atoms with Gasteiger partial charge < -0.3 is 14.6 Å². The summed E-state index contributed by atoms with van der Waals surface area (Å²) in [5, 5.41) is 1.07. The zero-order valence-electron chi connectivity index (χ0n) is 10.3. The number of likely N-dealkylation sites (tertiary alicyclic amines) is 1. The van der Waals surface area contributed by atoms with E-state index in [2.05, 4.69) is 4.98 Å². The Morgan fingerprint density at radius 2 is 2.28 bits per heavy atom. The average molecular weight is 244 g/mol. The van der Waals surface area contributed by atoms with Crippen LogP contribution in [0.15, 0.2) is 30.3 Å². The second-order valence-corrected chi connectivity index (χ2v) is 4.67. The number of aromatic nitrogens is 1. The van der Waals surface area contributed by atoms with Crippen molar-refractivity contribution in [3.05, 3.63) is 36.0 Å². The van der Waals surface area contributed by atoms with Crippen LogP contribution in [-0.2, 0) is 4.74 Å². The molecule has 1 unspecified atom stereocenters. The highest BCUT2D eigenvalue weighted by Crippen LogP contribution is 2.19. The number of hydrogen-bond acceptors (Lipinski definition) is 2. The first-order valence-electron chi connectivity index (χ1n) is 6.18. The number of rotatable bonds is 2. The lowest BCUT2D eigenvalue weighted by Gasteiger charge is -2.14. The Morgan fingerprint density at radius 3 is 3.00 bits per heavy atom. The number of amides is 1. The van der Waals surface area contributed by atoms with Crippen LogP contribution in [0.5, 0.6) is 0 Å². The number of H-pyrrole nitrogens is 1. The van der Waals surface area contributed by atoms with Crippen molar-refractivity contribution < 1.29 is 9.53 Å². The molecule has 1 saturated heterocycles. The van der Waals surface area contributed by atoms with Crippen molar-refractivity contribution in [2.75, 3.05) is 20.2 Å². The maximum atomic E-state index is 12.3. The molecule has 2 heterocycles. The molecule has 18 heavy (non-hydrogen) atoms. The summed E-state index contributed by atoms with van der Waals surface area (Å²) in [7, 11) is 1.70. The van der Waals surface area contributed by atoms with E-state index in [4.69, 9.17) is 4.74 Å². The molecule has 0 bridgehead atoms. The molecule has 4 heteroatoms. The number of methoxy groups -OCH3 is 1. The van der Waals surface area contributed by atoms with Gasteiger partial charge in [0, 0.05) is 31.1 Å². The molecule has 1 aliphatic rings. The molecule has 1 fully saturated rings. The summed E-state index contributed by atoms with van der Waals surface area (Å²) in [6, 6.07) is 9.83. The topological polar surface area (TPSA) is 45.3 Å². The molecule has 0 spiro atoms. The van der Waals surface area contributed by atoms with Gasteiger partial charge >= 0.3 is 0 Å². The first-order valence-corrected chi connectivity index (χ1v) is 6.18. The zero-order chi connectivity index (χ0) is 12.5. The van der Waals surface area contributed by atoms with Gasteiger partial charge in [0.15, 0.2) is 0 Å². The minimum absolute atomic E-state index is 0.0609. The predicted octanol–water partition coefficient (Wildman–Crippen LogP) is 2.03. The summed E-state index contributed by atoms with van der Waals surface area (Å²) >= 11 is 0. The monoisotopic (exact) mass is 244 g/mol. The maximum Gasteiger partial charge on any atom is 0.270 e. The summed E-state index contributed by atoms with van der Waals surface area (Å²) in [5.74, 6) is 0.0609. The Kier molecular flexibility index (Phi) is 2.80. The van der Waals surface area contributed by atoms with Crippen molar-refractivity contribution >= 4 is 16.8 Å². The van der Waals surface area contributed by atoms with Gasteiger partial charge in [-0.2, -0.15) is 0 Å². The van der Waals surface area contributed by atoms with Gasteiger partial charge in [-0.05, 0) is 18.6 Å². The van der Waals surface area contributed by atoms with Gasteiger partial charge in [0.25, 0.3) is 5.91 Å². The maximum absolute atomic E-state index is 12.3. The molecule has 94 valence electrons. The summed E-state index contributed by atoms with van der Waals surface area (Å²) in [5.41, 5.74) is 1.66. The third kappa shape index (κ3) is 1.88. The van der Waals surface area contributed by atoms with Crippen LogP contribution in [0.2, 0.25) is 0 Å². The van der Waals surface area contributed by atoms with E-state index in [1.54, 1.807) is 7.11 Å². The molecule has 1 aromatic heterocycles. The van der Waals surface area contributed by atoms with E-state index in [-0.39, 0.29) is 12.0 Å². The Bertz CT molecular complexity index is 543. The van der Waals surface area contributed by atoms with Crippen LogP contribution < -0.4 is 0 Å². The molecule has 0 radical (unpaired) electrons. The molecule has 4 nitrogen and oxygen atoms in total. The smallest absolute Gasteiger partial charge is 0.270 e. The number of carbonyl (C=O) groups is 1. The summed E-state index contributed by atoms with van der Waals surface area (Å²) in [6.45, 7) is 1.46. The van der Waals surface area contributed by atoms with E-state index >= 15 is 0 Å². The van der Waals surface area contributed by atoms with Crippen LogP contribution >= 0.6 is 0 Å². The fourth-order valence-corrected chi connectivity index (χ4v) is 2.46. The lowest BCUT2D eigenvalue weighted by molar-refractivity contribution is 0.0720. The number of ether oxygens (including phenoxy) is 1. The molecule has 0 aliphatic carbocycles. The first kappa shape index (κ1) is 11.3. The van der Waals surface area contributed by atoms with Crippen molar-refractivity contribution in [2.24, 2.45) is 0 Å². The van der Waals surface area contributed by atoms with Crippen molar-refractivity contribution in [1.82, 2.24) is 9.88 Å². The van der Waals surface area contributed by atoms with E-state index < -0.39 is 0 Å². The molecular weight excluding hydrogens is 228 g/mol. The van der Waals surface area contributed by atoms with Gasteiger partial charge in [-0.1, -0.05) is 18.2 Å². The number of nitrogens with one attached hydrogen (secondary N) is 1. The van der Waals surface area contributed by atoms with Gasteiger partial charge in [-0.3, -0.25) is 4.79 Å². The minimum Gasteiger partial charge on any atom is -0.380 e. The van der Waals surface area contributed by atoms with E-state index in [0.29, 0.717) is 12.2 Å². The third-order valence-electron chi connectivity index (χ3n) is 3.53. The molecule has 2 aromatic rings. The van der Waals surface area contributed by atoms with E-state index in [0.717, 1.165) is 23.9 Å². The summed E-state index contributed by atoms with van der Waals surface area (Å²) in [4.78, 5) is 17.3. The standard InChI is InChI=1S/C14H16N2O2/c1-18-11-6-7-16(9-11)14(17)13-8-10-4-2-3-5-12(10)15-13/h2-5,8,11,15H,6-7,9H2,1H3. The van der Waals surface area contributed by atoms with E-state index in [9.17, 15) is 4.79 Å². The molecule has 1 aliphatic heterocycles. The fourth-order valence-electron chi connectivity index (χ4n) is 2.46. The molecule has 1 atom stereocenters. The molecule has 1 amide bonds. The van der Waals surface area contributed by atoms with Crippen molar-refractivity contribution in [3.8, 4) is 0 Å². The Hall–Kier alpha value is -1.81. The van der Waals surface area contributed by atoms with Gasteiger partial charge in [-0.15, -0.1) is 0 Å². The van der Waals surface area contributed by atoms with Gasteiger partial charge in [-0.25, -0.2) is 0 Å². The number of para-hydroxylation sites is 1. The zero-order valence-corrected chi connectivity index (χ0v) is 10.3. The Labute approximate surface area is 106 Å². The fraction of sp³-hybridized carbons (Fsp3) is 0.357. The van der Waals surface area contributed by atoms with Crippen LogP contribution in [0.1, 0.15) is 16.9 Å². The van der Waals surface area contributed by atoms with Crippen molar-refractivity contribution in [3.63, 3.8) is 0 Å². The van der Waals surface area contributed by atoms with Crippen molar-refractivity contribution in [2.45, 2.75) is 12.5 Å². The molecule has 1 N–H and O–H groups in total. The second-order valence-electron chi connectivity index (χ2n) is 4.67. The van der Waals surface area contributed by atoms with Crippen LogP contribution in [0.4, 0.5) is 0 Å². The number of aromatic amines is 1. The largest absolute Gasteiger partial charge is 0.380 e. The van der Waals surface area contributed by atoms with Gasteiger partial charge in [0.05, 0.1) is 6.10 Å². The summed E-state index contributed by atoms with van der Waals surface area (Å²) < 4.78 is 5.28. The Morgan fingerprint density at radius 1 is 1.44 bits per heavy atom. The lowest BCUT2D eigenvalue weighted by atomic mass is 10.2. The number of hydrogen-bond donors (Lipinski definition) is 1. The van der Waals surface area contributed by atoms with E-state index in [1.807, 2.05) is 35.2 Å². The number of nitrogens with zero attached hydrogens (tertiary/aromatic N) is 1. The number of benzene rings is 1. The van der Waals surface area contributed by atoms with Crippen LogP contribution in [0.3, 0.4) is 0 Å². The van der Waals surface area contributed by atoms with Crippen LogP contribution in [0, 0.1) is 0 Å². The highest BCUT2D eigenvalue weighted by molar-refractivity contribution is 5.98. The van der Waals surface area contributed by atoms with Crippen molar-refractivity contribution in [1.29, 1.82) is 0 Å². The Balaban J connectivity index is 1.84. The first-order chi connectivity index (χ1) is 8.78. The molecule has 1 aromatic carbocycles. The SMILES string of the molecule is COC1CCN(C(=O)c2cc3ccccc3[nH]2)C1. The predicted molar refractivity (Wildman–Crippen MR) is 69.6 cm³/mol. The highest BCUT2D eigenvalue weighted by atomic mass is 16.5. The van der Waals surface area contributed by atoms with Crippen LogP contribution in [0.25, 0.3) is 10.9 Å². The quantitative estimate of drug-likeness (QED) is 0.878.